The van der Waals surface area contributed by atoms with Crippen LogP contribution in [0.1, 0.15) is 52.4 Å². The smallest absolute Gasteiger partial charge is 0.139 e. The maximum absolute atomic E-state index is 11.8. The van der Waals surface area contributed by atoms with Gasteiger partial charge in [-0.2, -0.15) is 0 Å². The minimum Gasteiger partial charge on any atom is -0.299 e. The summed E-state index contributed by atoms with van der Waals surface area (Å²) in [4.78, 5) is 11.8. The molecule has 2 fully saturated rings. The molecule has 12 heavy (non-hydrogen) atoms. The van der Waals surface area contributed by atoms with Gasteiger partial charge in [0.25, 0.3) is 0 Å². The fourth-order valence-electron chi connectivity index (χ4n) is 3.20. The van der Waals surface area contributed by atoms with E-state index < -0.39 is 0 Å². The molecule has 1 heteroatoms. The lowest BCUT2D eigenvalue weighted by Crippen LogP contribution is -2.42. The first-order valence-electron chi connectivity index (χ1n) is 5.12. The van der Waals surface area contributed by atoms with Crippen LogP contribution in [0.15, 0.2) is 0 Å². The Balaban J connectivity index is 2.36. The van der Waals surface area contributed by atoms with E-state index in [0.29, 0.717) is 11.2 Å². The van der Waals surface area contributed by atoms with E-state index in [4.69, 9.17) is 0 Å². The number of Topliss-reactive ketones (excluding diaryl/α,β-unsaturated/α-hetero) is 1. The Hall–Kier alpha value is -0.330. The van der Waals surface area contributed by atoms with E-state index in [1.54, 1.807) is 0 Å². The number of fused-ring (bicyclic) bond motifs is 1. The Morgan fingerprint density at radius 2 is 1.75 bits per heavy atom. The normalized spacial score (nSPS) is 47.7. The molecule has 2 atom stereocenters. The first-order chi connectivity index (χ1) is 5.58. The second-order valence-corrected chi connectivity index (χ2v) is 5.02. The molecule has 0 unspecified atom stereocenters. The molecule has 1 nitrogen and oxygen atoms in total. The van der Waals surface area contributed by atoms with E-state index in [0.717, 1.165) is 19.3 Å². The van der Waals surface area contributed by atoms with Crippen LogP contribution >= 0.6 is 0 Å². The third kappa shape index (κ3) is 0.826. The maximum Gasteiger partial charge on any atom is 0.139 e. The monoisotopic (exact) mass is 166 g/mol. The van der Waals surface area contributed by atoms with E-state index in [2.05, 4.69) is 13.8 Å². The van der Waals surface area contributed by atoms with Crippen molar-refractivity contribution in [3.63, 3.8) is 0 Å². The van der Waals surface area contributed by atoms with Crippen LogP contribution in [0.3, 0.4) is 0 Å². The van der Waals surface area contributed by atoms with Gasteiger partial charge >= 0.3 is 0 Å². The Kier molecular flexibility index (Phi) is 1.61. The van der Waals surface area contributed by atoms with Crippen LogP contribution in [0.5, 0.6) is 0 Å². The second kappa shape index (κ2) is 2.34. The molecule has 0 aliphatic heterocycles. The van der Waals surface area contributed by atoms with Gasteiger partial charge in [0, 0.05) is 11.8 Å². The molecule has 68 valence electrons. The van der Waals surface area contributed by atoms with Crippen molar-refractivity contribution < 1.29 is 4.79 Å². The molecule has 2 rings (SSSR count). The highest BCUT2D eigenvalue weighted by Crippen LogP contribution is 2.58. The fourth-order valence-corrected chi connectivity index (χ4v) is 3.20. The number of hydrogen-bond donors (Lipinski definition) is 0. The van der Waals surface area contributed by atoms with E-state index in [9.17, 15) is 4.79 Å². The summed E-state index contributed by atoms with van der Waals surface area (Å²) in [6, 6.07) is 0. The fraction of sp³-hybridized carbons (Fsp3) is 0.909. The van der Waals surface area contributed by atoms with Gasteiger partial charge in [-0.3, -0.25) is 4.79 Å². The lowest BCUT2D eigenvalue weighted by atomic mass is 9.59. The van der Waals surface area contributed by atoms with Crippen LogP contribution in [-0.2, 0) is 4.79 Å². The summed E-state index contributed by atoms with van der Waals surface area (Å²) >= 11 is 0. The number of ketones is 1. The third-order valence-corrected chi connectivity index (χ3v) is 4.49. The van der Waals surface area contributed by atoms with Crippen molar-refractivity contribution in [2.75, 3.05) is 0 Å². The molecule has 2 aliphatic rings. The molecule has 0 bridgehead atoms. The molecule has 0 aromatic carbocycles. The highest BCUT2D eigenvalue weighted by Gasteiger charge is 2.54. The first kappa shape index (κ1) is 8.28. The Labute approximate surface area is 74.5 Å². The van der Waals surface area contributed by atoms with Crippen LogP contribution in [0.4, 0.5) is 0 Å². The highest BCUT2D eigenvalue weighted by atomic mass is 16.1. The summed E-state index contributed by atoms with van der Waals surface area (Å²) in [5.41, 5.74) is 0.396. The van der Waals surface area contributed by atoms with Crippen molar-refractivity contribution in [3.8, 4) is 0 Å². The summed E-state index contributed by atoms with van der Waals surface area (Å²) in [5, 5.41) is 0. The summed E-state index contributed by atoms with van der Waals surface area (Å²) in [6.07, 6.45) is 6.92. The van der Waals surface area contributed by atoms with Crippen molar-refractivity contribution in [1.29, 1.82) is 0 Å². The van der Waals surface area contributed by atoms with Gasteiger partial charge in [0.05, 0.1) is 0 Å². The molecule has 0 amide bonds. The predicted molar refractivity (Wildman–Crippen MR) is 48.9 cm³/mol. The average molecular weight is 166 g/mol. The molecular weight excluding hydrogens is 148 g/mol. The van der Waals surface area contributed by atoms with Gasteiger partial charge in [-0.15, -0.1) is 0 Å². The first-order valence-corrected chi connectivity index (χ1v) is 5.12. The van der Waals surface area contributed by atoms with Gasteiger partial charge in [0.2, 0.25) is 0 Å². The van der Waals surface area contributed by atoms with E-state index in [1.807, 2.05) is 0 Å². The molecule has 0 heterocycles. The van der Waals surface area contributed by atoms with Gasteiger partial charge in [-0.05, 0) is 31.1 Å². The largest absolute Gasteiger partial charge is 0.299 e. The van der Waals surface area contributed by atoms with Crippen molar-refractivity contribution in [3.05, 3.63) is 0 Å². The third-order valence-electron chi connectivity index (χ3n) is 4.49. The van der Waals surface area contributed by atoms with Gasteiger partial charge in [-0.1, -0.05) is 20.3 Å². The molecule has 0 saturated heterocycles. The Morgan fingerprint density at radius 1 is 1.08 bits per heavy atom. The van der Waals surface area contributed by atoms with Crippen LogP contribution in [0.2, 0.25) is 0 Å². The van der Waals surface area contributed by atoms with Crippen molar-refractivity contribution >= 4 is 5.78 Å². The summed E-state index contributed by atoms with van der Waals surface area (Å²) in [5.74, 6) is 0.536. The zero-order valence-electron chi connectivity index (χ0n) is 8.15. The van der Waals surface area contributed by atoms with Crippen LogP contribution in [-0.4, -0.2) is 5.78 Å². The Morgan fingerprint density at radius 3 is 2.42 bits per heavy atom. The molecule has 0 radical (unpaired) electrons. The van der Waals surface area contributed by atoms with E-state index in [1.165, 1.54) is 19.3 Å². The van der Waals surface area contributed by atoms with Gasteiger partial charge in [0.15, 0.2) is 0 Å². The average Bonchev–Trinajstić information content (AvgIpc) is 2.30. The van der Waals surface area contributed by atoms with E-state index >= 15 is 0 Å². The van der Waals surface area contributed by atoms with Gasteiger partial charge in [0.1, 0.15) is 5.78 Å². The van der Waals surface area contributed by atoms with Crippen molar-refractivity contribution in [2.45, 2.75) is 52.4 Å². The molecular formula is C11H18O. The van der Waals surface area contributed by atoms with Crippen LogP contribution in [0.25, 0.3) is 0 Å². The summed E-state index contributed by atoms with van der Waals surface area (Å²) in [6.45, 7) is 4.51. The quantitative estimate of drug-likeness (QED) is 0.540. The standard InChI is InChI=1S/C11H18O/c1-10-6-3-5-9(12)11(10,2)8-4-7-10/h3-8H2,1-2H3/t10-,11+/m1/s1. The minimum atomic E-state index is 0.0469. The number of carbonyl (C=O) groups is 1. The number of hydrogen-bond acceptors (Lipinski definition) is 1. The molecule has 2 aliphatic carbocycles. The summed E-state index contributed by atoms with van der Waals surface area (Å²) < 4.78 is 0. The molecule has 0 aromatic heterocycles. The maximum atomic E-state index is 11.8. The lowest BCUT2D eigenvalue weighted by molar-refractivity contribution is -0.137. The number of carbonyl (C=O) groups excluding carboxylic acids is 1. The summed E-state index contributed by atoms with van der Waals surface area (Å²) in [7, 11) is 0. The number of rotatable bonds is 0. The topological polar surface area (TPSA) is 17.1 Å². The van der Waals surface area contributed by atoms with Crippen LogP contribution in [0, 0.1) is 10.8 Å². The SMILES string of the molecule is C[C@]12CCCC(=O)[C@]1(C)CCC2. The van der Waals surface area contributed by atoms with Crippen molar-refractivity contribution in [2.24, 2.45) is 10.8 Å². The lowest BCUT2D eigenvalue weighted by Gasteiger charge is -2.43. The zero-order valence-corrected chi connectivity index (χ0v) is 8.15. The zero-order chi connectivity index (χ0) is 8.82. The molecule has 0 aromatic rings. The van der Waals surface area contributed by atoms with E-state index in [-0.39, 0.29) is 5.41 Å². The molecule has 0 spiro atoms. The molecule has 2 saturated carbocycles. The molecule has 0 N–H and O–H groups in total. The second-order valence-electron chi connectivity index (χ2n) is 5.02. The Bertz CT molecular complexity index is 221. The highest BCUT2D eigenvalue weighted by molar-refractivity contribution is 5.86. The predicted octanol–water partition coefficient (Wildman–Crippen LogP) is 2.94. The van der Waals surface area contributed by atoms with Crippen LogP contribution < -0.4 is 0 Å². The van der Waals surface area contributed by atoms with Gasteiger partial charge < -0.3 is 0 Å². The van der Waals surface area contributed by atoms with Crippen molar-refractivity contribution in [1.82, 2.24) is 0 Å². The van der Waals surface area contributed by atoms with Gasteiger partial charge in [-0.25, -0.2) is 0 Å². The minimum absolute atomic E-state index is 0.0469.